The summed E-state index contributed by atoms with van der Waals surface area (Å²) in [5.41, 5.74) is 1.10. The van der Waals surface area contributed by atoms with Crippen LogP contribution in [0.3, 0.4) is 0 Å². The topological polar surface area (TPSA) is 75.3 Å². The Labute approximate surface area is 134 Å². The fourth-order valence-electron chi connectivity index (χ4n) is 1.91. The summed E-state index contributed by atoms with van der Waals surface area (Å²) in [6.45, 7) is 2.34. The maximum absolute atomic E-state index is 12.5. The summed E-state index contributed by atoms with van der Waals surface area (Å²) >= 11 is 0. The lowest BCUT2D eigenvalue weighted by Gasteiger charge is -2.21. The lowest BCUT2D eigenvalue weighted by Crippen LogP contribution is -2.33. The number of amides is 1. The Morgan fingerprint density at radius 1 is 1.27 bits per heavy atom. The lowest BCUT2D eigenvalue weighted by atomic mass is 10.2. The fourth-order valence-corrected chi connectivity index (χ4v) is 1.91. The molecule has 0 atom stereocenters. The van der Waals surface area contributed by atoms with Crippen molar-refractivity contribution in [1.82, 2.24) is 9.97 Å². The van der Waals surface area contributed by atoms with E-state index < -0.39 is 0 Å². The van der Waals surface area contributed by atoms with E-state index in [1.54, 1.807) is 6.92 Å². The van der Waals surface area contributed by atoms with E-state index in [9.17, 15) is 9.59 Å². The predicted octanol–water partition coefficient (Wildman–Crippen LogP) is 2.43. The molecule has 1 N–H and O–H groups in total. The third-order valence-electron chi connectivity index (χ3n) is 2.89. The summed E-state index contributed by atoms with van der Waals surface area (Å²) in [4.78, 5) is 32.1. The van der Waals surface area contributed by atoms with Crippen LogP contribution in [0.15, 0.2) is 42.9 Å². The van der Waals surface area contributed by atoms with E-state index in [4.69, 9.17) is 4.74 Å². The lowest BCUT2D eigenvalue weighted by molar-refractivity contribution is -0.142. The Morgan fingerprint density at radius 2 is 2.00 bits per heavy atom. The molecular weight excluding hydrogens is 306 g/mol. The van der Waals surface area contributed by atoms with Crippen molar-refractivity contribution in [1.29, 1.82) is 0 Å². The number of rotatable bonds is 6. The van der Waals surface area contributed by atoms with Crippen molar-refractivity contribution in [2.24, 2.45) is 0 Å². The summed E-state index contributed by atoms with van der Waals surface area (Å²) in [6.07, 6.45) is 3.05. The van der Waals surface area contributed by atoms with Gasteiger partial charge in [0, 0.05) is 12.2 Å². The zero-order valence-corrected chi connectivity index (χ0v) is 13.0. The molecule has 0 aliphatic heterocycles. The van der Waals surface area contributed by atoms with Crippen LogP contribution >= 0.6 is 12.4 Å². The van der Waals surface area contributed by atoms with Crippen molar-refractivity contribution in [3.05, 3.63) is 48.5 Å². The van der Waals surface area contributed by atoms with Gasteiger partial charge in [0.05, 0.1) is 25.6 Å². The first-order chi connectivity index (χ1) is 10.2. The van der Waals surface area contributed by atoms with Crippen molar-refractivity contribution < 1.29 is 14.3 Å². The standard InChI is InChI=1S/C15H17N3O3.ClH/c1-2-21-14(19)8-9-18(12-6-4-3-5-7-12)15(20)13-10-16-11-17-13;/h3-7,10-11H,2,8-9H2,1H3,(H,16,17);1H. The number of aromatic nitrogens is 2. The van der Waals surface area contributed by atoms with E-state index >= 15 is 0 Å². The Balaban J connectivity index is 0.00000242. The minimum Gasteiger partial charge on any atom is -0.466 e. The van der Waals surface area contributed by atoms with Crippen molar-refractivity contribution in [3.8, 4) is 0 Å². The molecule has 2 rings (SSSR count). The quantitative estimate of drug-likeness (QED) is 0.828. The highest BCUT2D eigenvalue weighted by Crippen LogP contribution is 2.16. The highest BCUT2D eigenvalue weighted by molar-refractivity contribution is 6.04. The Hall–Kier alpha value is -2.34. The van der Waals surface area contributed by atoms with Gasteiger partial charge in [-0.05, 0) is 19.1 Å². The first-order valence-electron chi connectivity index (χ1n) is 6.73. The molecule has 118 valence electrons. The molecule has 1 heterocycles. The van der Waals surface area contributed by atoms with Gasteiger partial charge in [-0.3, -0.25) is 9.59 Å². The number of esters is 1. The van der Waals surface area contributed by atoms with Gasteiger partial charge in [-0.1, -0.05) is 18.2 Å². The van der Waals surface area contributed by atoms with E-state index in [0.717, 1.165) is 5.69 Å². The highest BCUT2D eigenvalue weighted by Gasteiger charge is 2.19. The van der Waals surface area contributed by atoms with E-state index in [1.807, 2.05) is 30.3 Å². The zero-order valence-electron chi connectivity index (χ0n) is 12.2. The molecule has 0 fully saturated rings. The smallest absolute Gasteiger partial charge is 0.307 e. The van der Waals surface area contributed by atoms with Crippen molar-refractivity contribution in [2.45, 2.75) is 13.3 Å². The van der Waals surface area contributed by atoms with Crippen LogP contribution in [0.5, 0.6) is 0 Å². The van der Waals surface area contributed by atoms with Gasteiger partial charge in [0.1, 0.15) is 5.69 Å². The van der Waals surface area contributed by atoms with Crippen LogP contribution in [-0.2, 0) is 9.53 Å². The second-order valence-corrected chi connectivity index (χ2v) is 4.31. The van der Waals surface area contributed by atoms with Gasteiger partial charge in [0.2, 0.25) is 0 Å². The van der Waals surface area contributed by atoms with Gasteiger partial charge in [0.25, 0.3) is 5.91 Å². The number of halogens is 1. The average Bonchev–Trinajstić information content (AvgIpc) is 3.03. The Morgan fingerprint density at radius 3 is 2.59 bits per heavy atom. The SMILES string of the molecule is CCOC(=O)CCN(C(=O)c1cnc[nH]1)c1ccccc1.Cl. The van der Waals surface area contributed by atoms with Crippen LogP contribution in [0.2, 0.25) is 0 Å². The van der Waals surface area contributed by atoms with Crippen molar-refractivity contribution in [3.63, 3.8) is 0 Å². The van der Waals surface area contributed by atoms with E-state index in [0.29, 0.717) is 12.3 Å². The molecule has 0 saturated heterocycles. The minimum absolute atomic E-state index is 0. The number of imidazole rings is 1. The first kappa shape index (κ1) is 17.7. The molecule has 0 aliphatic rings. The average molecular weight is 324 g/mol. The molecule has 0 bridgehead atoms. The number of nitrogens with one attached hydrogen (secondary N) is 1. The summed E-state index contributed by atoms with van der Waals surface area (Å²) in [5, 5.41) is 0. The number of benzene rings is 1. The van der Waals surface area contributed by atoms with Gasteiger partial charge in [-0.25, -0.2) is 4.98 Å². The molecular formula is C15H18ClN3O3. The Bertz CT molecular complexity index is 587. The number of nitrogens with zero attached hydrogens (tertiary/aromatic N) is 2. The second kappa shape index (κ2) is 8.84. The number of ether oxygens (including phenoxy) is 1. The molecule has 2 aromatic rings. The predicted molar refractivity (Wildman–Crippen MR) is 85.2 cm³/mol. The van der Waals surface area contributed by atoms with Crippen LogP contribution in [0.4, 0.5) is 5.69 Å². The zero-order chi connectivity index (χ0) is 15.1. The maximum Gasteiger partial charge on any atom is 0.307 e. The molecule has 1 aromatic heterocycles. The third kappa shape index (κ3) is 4.60. The molecule has 0 unspecified atom stereocenters. The van der Waals surface area contributed by atoms with Gasteiger partial charge in [0.15, 0.2) is 0 Å². The minimum atomic E-state index is -0.323. The third-order valence-corrected chi connectivity index (χ3v) is 2.89. The summed E-state index contributed by atoms with van der Waals surface area (Å²) < 4.78 is 4.90. The van der Waals surface area contributed by atoms with Gasteiger partial charge in [-0.2, -0.15) is 0 Å². The second-order valence-electron chi connectivity index (χ2n) is 4.31. The molecule has 0 spiro atoms. The van der Waals surface area contributed by atoms with Crippen LogP contribution in [-0.4, -0.2) is 35.0 Å². The molecule has 6 nitrogen and oxygen atoms in total. The fraction of sp³-hybridized carbons (Fsp3) is 0.267. The molecule has 1 amide bonds. The normalized spacial score (nSPS) is 9.68. The van der Waals surface area contributed by atoms with Gasteiger partial charge >= 0.3 is 5.97 Å². The summed E-state index contributed by atoms with van der Waals surface area (Å²) in [6, 6.07) is 9.19. The maximum atomic E-state index is 12.5. The first-order valence-corrected chi connectivity index (χ1v) is 6.73. The van der Waals surface area contributed by atoms with Crippen LogP contribution in [0.25, 0.3) is 0 Å². The molecule has 1 aromatic carbocycles. The molecule has 7 heteroatoms. The number of hydrogen-bond donors (Lipinski definition) is 1. The number of carbonyl (C=O) groups excluding carboxylic acids is 2. The Kier molecular flexibility index (Phi) is 7.12. The van der Waals surface area contributed by atoms with Crippen molar-refractivity contribution >= 4 is 30.0 Å². The summed E-state index contributed by atoms with van der Waals surface area (Å²) in [7, 11) is 0. The molecule has 0 saturated carbocycles. The number of anilines is 1. The van der Waals surface area contributed by atoms with E-state index in [-0.39, 0.29) is 37.2 Å². The molecule has 0 radical (unpaired) electrons. The number of para-hydroxylation sites is 1. The largest absolute Gasteiger partial charge is 0.466 e. The van der Waals surface area contributed by atoms with Crippen LogP contribution < -0.4 is 4.90 Å². The highest BCUT2D eigenvalue weighted by atomic mass is 35.5. The van der Waals surface area contributed by atoms with Gasteiger partial charge in [-0.15, -0.1) is 12.4 Å². The molecule has 22 heavy (non-hydrogen) atoms. The number of H-pyrrole nitrogens is 1. The number of carbonyl (C=O) groups is 2. The van der Waals surface area contributed by atoms with Crippen LogP contribution in [0, 0.1) is 0 Å². The van der Waals surface area contributed by atoms with E-state index in [2.05, 4.69) is 9.97 Å². The number of hydrogen-bond acceptors (Lipinski definition) is 4. The van der Waals surface area contributed by atoms with Gasteiger partial charge < -0.3 is 14.6 Å². The molecule has 0 aliphatic carbocycles. The number of aromatic amines is 1. The monoisotopic (exact) mass is 323 g/mol. The van der Waals surface area contributed by atoms with Crippen molar-refractivity contribution in [2.75, 3.05) is 18.1 Å². The summed E-state index contributed by atoms with van der Waals surface area (Å²) in [5.74, 6) is -0.557. The van der Waals surface area contributed by atoms with E-state index in [1.165, 1.54) is 17.4 Å². The van der Waals surface area contributed by atoms with Crippen LogP contribution in [0.1, 0.15) is 23.8 Å².